The molecule has 1 N–H and O–H groups in total. The summed E-state index contributed by atoms with van der Waals surface area (Å²) in [6.07, 6.45) is 0.0345. The number of aliphatic hydroxyl groups is 1. The molecule has 2 atom stereocenters. The van der Waals surface area contributed by atoms with Crippen LogP contribution in [0.2, 0.25) is 0 Å². The van der Waals surface area contributed by atoms with Gasteiger partial charge in [0, 0.05) is 11.8 Å². The lowest BCUT2D eigenvalue weighted by atomic mass is 9.98. The zero-order valence-corrected chi connectivity index (χ0v) is 12.2. The minimum atomic E-state index is -3.31. The standard InChI is InChI=1S/C13H20O4S/c1-8-6-9(2)12(11(7-8)17-4)13(14)10(3)18(5,15)16/h6-7,10,13-14H,1-5H3. The highest BCUT2D eigenvalue weighted by Gasteiger charge is 2.29. The van der Waals surface area contributed by atoms with Crippen LogP contribution in [0.3, 0.4) is 0 Å². The second-order valence-corrected chi connectivity index (χ2v) is 7.08. The third kappa shape index (κ3) is 3.03. The van der Waals surface area contributed by atoms with Crippen molar-refractivity contribution in [3.05, 3.63) is 28.8 Å². The molecule has 0 aliphatic heterocycles. The number of ether oxygens (including phenoxy) is 1. The minimum Gasteiger partial charge on any atom is -0.496 e. The number of aliphatic hydroxyl groups excluding tert-OH is 1. The molecule has 4 nitrogen and oxygen atoms in total. The molecule has 1 rings (SSSR count). The molecule has 1 aromatic carbocycles. The summed E-state index contributed by atoms with van der Waals surface area (Å²) in [6, 6.07) is 3.69. The highest BCUT2D eigenvalue weighted by molar-refractivity contribution is 7.91. The number of rotatable bonds is 4. The molecule has 102 valence electrons. The molecule has 18 heavy (non-hydrogen) atoms. The van der Waals surface area contributed by atoms with Crippen LogP contribution >= 0.6 is 0 Å². The van der Waals surface area contributed by atoms with Gasteiger partial charge >= 0.3 is 0 Å². The minimum absolute atomic E-state index is 0.524. The van der Waals surface area contributed by atoms with Crippen molar-refractivity contribution in [3.8, 4) is 5.75 Å². The Kier molecular flexibility index (Phi) is 4.40. The third-order valence-corrected chi connectivity index (χ3v) is 4.74. The molecule has 0 heterocycles. The topological polar surface area (TPSA) is 63.6 Å². The van der Waals surface area contributed by atoms with E-state index in [2.05, 4.69) is 0 Å². The van der Waals surface area contributed by atoms with E-state index in [1.54, 1.807) is 6.07 Å². The van der Waals surface area contributed by atoms with E-state index in [0.717, 1.165) is 17.4 Å². The Hall–Kier alpha value is -1.07. The fraction of sp³-hybridized carbons (Fsp3) is 0.538. The Balaban J connectivity index is 3.33. The van der Waals surface area contributed by atoms with Gasteiger partial charge in [0.2, 0.25) is 0 Å². The number of hydrogen-bond donors (Lipinski definition) is 1. The van der Waals surface area contributed by atoms with Gasteiger partial charge in [-0.3, -0.25) is 0 Å². The van der Waals surface area contributed by atoms with Crippen LogP contribution < -0.4 is 4.74 Å². The van der Waals surface area contributed by atoms with Crippen LogP contribution in [-0.2, 0) is 9.84 Å². The van der Waals surface area contributed by atoms with Crippen LogP contribution in [0.15, 0.2) is 12.1 Å². The molecule has 2 unspecified atom stereocenters. The lowest BCUT2D eigenvalue weighted by Crippen LogP contribution is -2.25. The molecule has 0 spiro atoms. The average molecular weight is 272 g/mol. The lowest BCUT2D eigenvalue weighted by molar-refractivity contribution is 0.171. The van der Waals surface area contributed by atoms with Crippen molar-refractivity contribution in [1.29, 1.82) is 0 Å². The van der Waals surface area contributed by atoms with Crippen molar-refractivity contribution in [3.63, 3.8) is 0 Å². The van der Waals surface area contributed by atoms with Crippen molar-refractivity contribution in [2.45, 2.75) is 32.1 Å². The predicted octanol–water partition coefficient (Wildman–Crippen LogP) is 1.78. The van der Waals surface area contributed by atoms with E-state index in [0.29, 0.717) is 11.3 Å². The summed E-state index contributed by atoms with van der Waals surface area (Å²) in [5.74, 6) is 0.524. The Bertz CT molecular complexity index is 534. The van der Waals surface area contributed by atoms with Crippen LogP contribution in [0.4, 0.5) is 0 Å². The molecule has 0 saturated carbocycles. The summed E-state index contributed by atoms with van der Waals surface area (Å²) in [5, 5.41) is 9.38. The predicted molar refractivity (Wildman–Crippen MR) is 71.7 cm³/mol. The quantitative estimate of drug-likeness (QED) is 0.907. The fourth-order valence-electron chi connectivity index (χ4n) is 1.96. The van der Waals surface area contributed by atoms with Crippen LogP contribution in [0.25, 0.3) is 0 Å². The first-order chi connectivity index (χ1) is 8.18. The van der Waals surface area contributed by atoms with Gasteiger partial charge in [0.25, 0.3) is 0 Å². The van der Waals surface area contributed by atoms with E-state index in [9.17, 15) is 13.5 Å². The van der Waals surface area contributed by atoms with Crippen molar-refractivity contribution in [1.82, 2.24) is 0 Å². The first-order valence-corrected chi connectivity index (χ1v) is 7.66. The van der Waals surface area contributed by atoms with E-state index in [4.69, 9.17) is 4.74 Å². The highest BCUT2D eigenvalue weighted by atomic mass is 32.2. The molecule has 0 bridgehead atoms. The largest absolute Gasteiger partial charge is 0.496 e. The molecule has 0 fully saturated rings. The number of methoxy groups -OCH3 is 1. The van der Waals surface area contributed by atoms with Crippen LogP contribution in [0, 0.1) is 13.8 Å². The van der Waals surface area contributed by atoms with Crippen LogP contribution in [0.5, 0.6) is 5.75 Å². The zero-order chi connectivity index (χ0) is 14.1. The van der Waals surface area contributed by atoms with Gasteiger partial charge in [-0.1, -0.05) is 6.07 Å². The number of benzene rings is 1. The van der Waals surface area contributed by atoms with E-state index >= 15 is 0 Å². The second kappa shape index (κ2) is 5.28. The van der Waals surface area contributed by atoms with E-state index < -0.39 is 21.2 Å². The molecule has 1 aromatic rings. The Morgan fingerprint density at radius 1 is 1.28 bits per heavy atom. The lowest BCUT2D eigenvalue weighted by Gasteiger charge is -2.22. The van der Waals surface area contributed by atoms with Gasteiger partial charge in [0.1, 0.15) is 5.75 Å². The van der Waals surface area contributed by atoms with Crippen molar-refractivity contribution >= 4 is 9.84 Å². The molecular weight excluding hydrogens is 252 g/mol. The molecule has 0 saturated heterocycles. The average Bonchev–Trinajstić information content (AvgIpc) is 2.24. The summed E-state index contributed by atoms with van der Waals surface area (Å²) in [6.45, 7) is 5.26. The molecule has 0 radical (unpaired) electrons. The number of hydrogen-bond acceptors (Lipinski definition) is 4. The van der Waals surface area contributed by atoms with Crippen LogP contribution in [0.1, 0.15) is 29.7 Å². The maximum Gasteiger partial charge on any atom is 0.152 e. The zero-order valence-electron chi connectivity index (χ0n) is 11.4. The molecule has 0 aliphatic rings. The van der Waals surface area contributed by atoms with Gasteiger partial charge in [0.15, 0.2) is 9.84 Å². The van der Waals surface area contributed by atoms with Crippen molar-refractivity contribution < 1.29 is 18.3 Å². The van der Waals surface area contributed by atoms with Gasteiger partial charge in [-0.2, -0.15) is 0 Å². The molecule has 0 aliphatic carbocycles. The van der Waals surface area contributed by atoms with E-state index in [1.165, 1.54) is 14.0 Å². The SMILES string of the molecule is COc1cc(C)cc(C)c1C(O)C(C)S(C)(=O)=O. The van der Waals surface area contributed by atoms with Gasteiger partial charge in [-0.05, 0) is 38.0 Å². The first-order valence-electron chi connectivity index (χ1n) is 5.70. The summed E-state index contributed by atoms with van der Waals surface area (Å²) >= 11 is 0. The van der Waals surface area contributed by atoms with E-state index in [-0.39, 0.29) is 0 Å². The Morgan fingerprint density at radius 3 is 2.28 bits per heavy atom. The van der Waals surface area contributed by atoms with Crippen LogP contribution in [-0.4, -0.2) is 32.1 Å². The third-order valence-electron chi connectivity index (χ3n) is 3.13. The van der Waals surface area contributed by atoms with Gasteiger partial charge in [-0.25, -0.2) is 8.42 Å². The summed E-state index contributed by atoms with van der Waals surface area (Å²) in [7, 11) is -1.80. The summed E-state index contributed by atoms with van der Waals surface area (Å²) < 4.78 is 28.3. The summed E-state index contributed by atoms with van der Waals surface area (Å²) in [5.41, 5.74) is 2.38. The monoisotopic (exact) mass is 272 g/mol. The molecule has 0 aromatic heterocycles. The van der Waals surface area contributed by atoms with Gasteiger partial charge in [-0.15, -0.1) is 0 Å². The Morgan fingerprint density at radius 2 is 1.83 bits per heavy atom. The normalized spacial score (nSPS) is 15.2. The second-order valence-electron chi connectivity index (χ2n) is 4.68. The molecule has 0 amide bonds. The molecular formula is C13H20O4S. The maximum atomic E-state index is 11.5. The van der Waals surface area contributed by atoms with Crippen molar-refractivity contribution in [2.24, 2.45) is 0 Å². The van der Waals surface area contributed by atoms with E-state index in [1.807, 2.05) is 19.9 Å². The van der Waals surface area contributed by atoms with Crippen molar-refractivity contribution in [2.75, 3.05) is 13.4 Å². The first kappa shape index (κ1) is 15.0. The fourth-order valence-corrected chi connectivity index (χ4v) is 2.56. The number of sulfone groups is 1. The smallest absolute Gasteiger partial charge is 0.152 e. The maximum absolute atomic E-state index is 11.5. The number of aryl methyl sites for hydroxylation is 2. The van der Waals surface area contributed by atoms with Gasteiger partial charge < -0.3 is 9.84 Å². The molecule has 5 heteroatoms. The highest BCUT2D eigenvalue weighted by Crippen LogP contribution is 2.33. The Labute approximate surface area is 109 Å². The summed E-state index contributed by atoms with van der Waals surface area (Å²) in [4.78, 5) is 0. The van der Waals surface area contributed by atoms with Gasteiger partial charge in [0.05, 0.1) is 18.5 Å².